The number of ether oxygens (including phenoxy) is 5. The summed E-state index contributed by atoms with van der Waals surface area (Å²) in [5.41, 5.74) is 6.37. The van der Waals surface area contributed by atoms with E-state index in [1.165, 1.54) is 11.3 Å². The average Bonchev–Trinajstić information content (AvgIpc) is 3.62. The van der Waals surface area contributed by atoms with Gasteiger partial charge in [-0.25, -0.2) is 0 Å². The number of para-hydroxylation sites is 1. The fraction of sp³-hybridized carbons (Fsp3) is 0.140. The average molecular weight is 816 g/mol. The molecule has 0 amide bonds. The Labute approximate surface area is 352 Å². The number of rotatable bonds is 14. The van der Waals surface area contributed by atoms with Crippen LogP contribution in [0.25, 0.3) is 10.2 Å². The zero-order valence-corrected chi connectivity index (χ0v) is 33.7. The number of nitrogens with zero attached hydrogens (tertiary/aromatic N) is 1. The normalized spacial score (nSPS) is 15.8. The first-order valence-electron chi connectivity index (χ1n) is 19.5. The van der Waals surface area contributed by atoms with Gasteiger partial charge in [-0.15, -0.1) is 11.3 Å². The van der Waals surface area contributed by atoms with E-state index in [2.05, 4.69) is 0 Å². The Hall–Kier alpha value is -6.39. The second-order valence-electron chi connectivity index (χ2n) is 14.3. The number of benzene rings is 7. The lowest BCUT2D eigenvalue weighted by Gasteiger charge is -2.39. The van der Waals surface area contributed by atoms with Crippen LogP contribution in [0.2, 0.25) is 0 Å². The van der Waals surface area contributed by atoms with Crippen molar-refractivity contribution in [2.45, 2.75) is 44.7 Å². The Bertz CT molecular complexity index is 2700. The summed E-state index contributed by atoms with van der Waals surface area (Å²) in [5.74, 6) is 2.73. The van der Waals surface area contributed by atoms with Gasteiger partial charge in [0, 0.05) is 12.1 Å². The van der Waals surface area contributed by atoms with E-state index in [1.807, 2.05) is 180 Å². The van der Waals surface area contributed by atoms with Crippen molar-refractivity contribution in [3.63, 3.8) is 0 Å². The maximum absolute atomic E-state index is 12.8. The highest BCUT2D eigenvalue weighted by atomic mass is 32.1. The van der Waals surface area contributed by atoms with Gasteiger partial charge in [-0.2, -0.15) is 0 Å². The van der Waals surface area contributed by atoms with Gasteiger partial charge in [-0.1, -0.05) is 140 Å². The SMILES string of the molecule is OC1C(c2ccc(OCc3ccccc3)c(OCc3ccccc3)c2)Oc2cc(OCc3ccccc3)cc(OCc3ccccc3)c2C1n1c(=S)sc2ccccc21. The molecule has 0 fully saturated rings. The van der Waals surface area contributed by atoms with Crippen LogP contribution in [0, 0.1) is 3.95 Å². The summed E-state index contributed by atoms with van der Waals surface area (Å²) in [6.45, 7) is 1.33. The lowest BCUT2D eigenvalue weighted by molar-refractivity contribution is -0.00813. The van der Waals surface area contributed by atoms with Gasteiger partial charge in [0.25, 0.3) is 0 Å². The molecule has 7 aromatic carbocycles. The molecule has 2 heterocycles. The van der Waals surface area contributed by atoms with Crippen molar-refractivity contribution in [1.82, 2.24) is 4.57 Å². The van der Waals surface area contributed by atoms with Gasteiger partial charge in [0.1, 0.15) is 49.8 Å². The van der Waals surface area contributed by atoms with Crippen molar-refractivity contribution in [1.29, 1.82) is 0 Å². The molecule has 8 aromatic rings. The maximum Gasteiger partial charge on any atom is 0.162 e. The Morgan fingerprint density at radius 1 is 0.542 bits per heavy atom. The molecule has 0 saturated carbocycles. The molecule has 1 aliphatic rings. The predicted octanol–water partition coefficient (Wildman–Crippen LogP) is 11.8. The number of hydrogen-bond acceptors (Lipinski definition) is 8. The topological polar surface area (TPSA) is 71.3 Å². The van der Waals surface area contributed by atoms with Gasteiger partial charge in [-0.05, 0) is 64.3 Å². The van der Waals surface area contributed by atoms with Gasteiger partial charge in [0.05, 0.1) is 21.8 Å². The van der Waals surface area contributed by atoms with Crippen LogP contribution in [0.1, 0.15) is 45.5 Å². The summed E-state index contributed by atoms with van der Waals surface area (Å²) in [6.07, 6.45) is -1.96. The summed E-state index contributed by atoms with van der Waals surface area (Å²) in [7, 11) is 0. The van der Waals surface area contributed by atoms with Gasteiger partial charge in [-0.3, -0.25) is 0 Å². The summed E-state index contributed by atoms with van der Waals surface area (Å²) in [5, 5.41) is 12.8. The smallest absolute Gasteiger partial charge is 0.162 e. The molecule has 0 aliphatic carbocycles. The highest BCUT2D eigenvalue weighted by Crippen LogP contribution is 2.51. The van der Waals surface area contributed by atoms with Crippen molar-refractivity contribution < 1.29 is 28.8 Å². The van der Waals surface area contributed by atoms with Crippen molar-refractivity contribution >= 4 is 33.8 Å². The van der Waals surface area contributed by atoms with Crippen LogP contribution in [0.5, 0.6) is 28.7 Å². The lowest BCUT2D eigenvalue weighted by atomic mass is 9.88. The van der Waals surface area contributed by atoms with Gasteiger partial charge >= 0.3 is 0 Å². The van der Waals surface area contributed by atoms with E-state index in [-0.39, 0.29) is 0 Å². The molecule has 0 bridgehead atoms. The molecule has 0 saturated heterocycles. The molecule has 9 heteroatoms. The Balaban J connectivity index is 1.15. The number of thiazole rings is 1. The Morgan fingerprint density at radius 3 is 1.64 bits per heavy atom. The van der Waals surface area contributed by atoms with Crippen molar-refractivity contribution in [3.8, 4) is 28.7 Å². The summed E-state index contributed by atoms with van der Waals surface area (Å²) < 4.78 is 36.6. The van der Waals surface area contributed by atoms with E-state index in [0.717, 1.165) is 32.5 Å². The first kappa shape index (κ1) is 38.1. The first-order chi connectivity index (χ1) is 29.1. The van der Waals surface area contributed by atoms with Crippen molar-refractivity contribution in [3.05, 3.63) is 213 Å². The number of aliphatic hydroxyl groups excluding tert-OH is 1. The minimum Gasteiger partial charge on any atom is -0.489 e. The van der Waals surface area contributed by atoms with Crippen LogP contribution in [0.15, 0.2) is 176 Å². The third-order valence-corrected chi connectivity index (χ3v) is 11.7. The number of fused-ring (bicyclic) bond motifs is 2. The van der Waals surface area contributed by atoms with E-state index in [9.17, 15) is 5.11 Å². The molecule has 1 N–H and O–H groups in total. The summed E-state index contributed by atoms with van der Waals surface area (Å²) in [6, 6.07) is 56.9. The maximum atomic E-state index is 12.8. The van der Waals surface area contributed by atoms with Crippen LogP contribution < -0.4 is 23.7 Å². The first-order valence-corrected chi connectivity index (χ1v) is 20.7. The molecule has 294 valence electrons. The quantitative estimate of drug-likeness (QED) is 0.110. The molecular weight excluding hydrogens is 775 g/mol. The van der Waals surface area contributed by atoms with E-state index in [4.69, 9.17) is 35.9 Å². The van der Waals surface area contributed by atoms with Crippen LogP contribution in [0.3, 0.4) is 0 Å². The minimum absolute atomic E-state index is 0.296. The fourth-order valence-electron chi connectivity index (χ4n) is 7.39. The second kappa shape index (κ2) is 17.6. The monoisotopic (exact) mass is 815 g/mol. The van der Waals surface area contributed by atoms with Crippen molar-refractivity contribution in [2.75, 3.05) is 0 Å². The van der Waals surface area contributed by atoms with Crippen molar-refractivity contribution in [2.24, 2.45) is 0 Å². The second-order valence-corrected chi connectivity index (χ2v) is 16.0. The highest BCUT2D eigenvalue weighted by Gasteiger charge is 2.43. The molecule has 3 unspecified atom stereocenters. The number of hydrogen-bond donors (Lipinski definition) is 1. The minimum atomic E-state index is -1.11. The molecular formula is C50H41NO6S2. The molecule has 7 nitrogen and oxygen atoms in total. The number of aliphatic hydroxyl groups is 1. The molecule has 1 aromatic heterocycles. The van der Waals surface area contributed by atoms with E-state index >= 15 is 0 Å². The third kappa shape index (κ3) is 8.59. The Morgan fingerprint density at radius 2 is 1.05 bits per heavy atom. The molecule has 59 heavy (non-hydrogen) atoms. The van der Waals surface area contributed by atoms with Crippen LogP contribution in [-0.4, -0.2) is 15.8 Å². The van der Waals surface area contributed by atoms with Gasteiger partial charge in [0.2, 0.25) is 0 Å². The third-order valence-electron chi connectivity index (χ3n) is 10.3. The fourth-order valence-corrected chi connectivity index (χ4v) is 8.78. The number of aromatic nitrogens is 1. The van der Waals surface area contributed by atoms with Gasteiger partial charge in [0.15, 0.2) is 21.6 Å². The lowest BCUT2D eigenvalue weighted by Crippen LogP contribution is -2.38. The Kier molecular flexibility index (Phi) is 11.4. The van der Waals surface area contributed by atoms with Gasteiger partial charge < -0.3 is 33.4 Å². The zero-order valence-electron chi connectivity index (χ0n) is 32.1. The summed E-state index contributed by atoms with van der Waals surface area (Å²) in [4.78, 5) is 0. The zero-order chi connectivity index (χ0) is 40.0. The molecule has 3 atom stereocenters. The largest absolute Gasteiger partial charge is 0.489 e. The highest BCUT2D eigenvalue weighted by molar-refractivity contribution is 7.73. The molecule has 0 spiro atoms. The molecule has 1 aliphatic heterocycles. The van der Waals surface area contributed by atoms with Crippen LogP contribution in [-0.2, 0) is 26.4 Å². The summed E-state index contributed by atoms with van der Waals surface area (Å²) >= 11 is 7.60. The predicted molar refractivity (Wildman–Crippen MR) is 234 cm³/mol. The van der Waals surface area contributed by atoms with E-state index < -0.39 is 18.2 Å². The van der Waals surface area contributed by atoms with Crippen LogP contribution >= 0.6 is 23.6 Å². The van der Waals surface area contributed by atoms with E-state index in [1.54, 1.807) is 0 Å². The molecule has 9 rings (SSSR count). The van der Waals surface area contributed by atoms with Crippen LogP contribution in [0.4, 0.5) is 0 Å². The standard InChI is InChI=1S/C50H41NO6S2/c52-48-47(51-40-23-13-14-24-45(40)59-50(51)58)46-43(56-33-37-21-11-4-12-22-37)28-39(53-30-34-15-5-1-6-16-34)29-44(46)57-49(48)38-25-26-41(54-31-35-17-7-2-8-18-35)42(27-38)55-32-36-19-9-3-10-20-36/h1-29,47-49,52H,30-33H2. The van der Waals surface area contributed by atoms with E-state index in [0.29, 0.717) is 70.3 Å². The molecule has 0 radical (unpaired) electrons.